The first kappa shape index (κ1) is 15.9. The van der Waals surface area contributed by atoms with Gasteiger partial charge in [-0.3, -0.25) is 4.98 Å². The van der Waals surface area contributed by atoms with E-state index in [0.29, 0.717) is 26.3 Å². The second-order valence-electron chi connectivity index (χ2n) is 5.98. The third-order valence-electron chi connectivity index (χ3n) is 4.37. The summed E-state index contributed by atoms with van der Waals surface area (Å²) in [5.74, 6) is 0.144. The van der Waals surface area contributed by atoms with Crippen molar-refractivity contribution in [3.63, 3.8) is 0 Å². The Morgan fingerprint density at radius 1 is 1.41 bits per heavy atom. The van der Waals surface area contributed by atoms with E-state index in [-0.39, 0.29) is 17.5 Å². The highest BCUT2D eigenvalue weighted by Crippen LogP contribution is 2.37. The molecule has 0 radical (unpaired) electrons. The van der Waals surface area contributed by atoms with Crippen LogP contribution in [0.4, 0.5) is 0 Å². The van der Waals surface area contributed by atoms with Crippen molar-refractivity contribution in [3.05, 3.63) is 30.1 Å². The molecule has 2 aliphatic heterocycles. The van der Waals surface area contributed by atoms with Gasteiger partial charge in [0.25, 0.3) is 0 Å². The maximum Gasteiger partial charge on any atom is 0.214 e. The lowest BCUT2D eigenvalue weighted by Gasteiger charge is -2.52. The Labute approximate surface area is 131 Å². The van der Waals surface area contributed by atoms with Gasteiger partial charge in [-0.05, 0) is 31.0 Å². The summed E-state index contributed by atoms with van der Waals surface area (Å²) in [6.45, 7) is 3.76. The zero-order valence-corrected chi connectivity index (χ0v) is 13.6. The van der Waals surface area contributed by atoms with Crippen LogP contribution < -0.4 is 0 Å². The van der Waals surface area contributed by atoms with Gasteiger partial charge >= 0.3 is 0 Å². The standard InChI is InChI=1S/C15H22N2O4S/c1-2-22(18,19)17-11-15(12-17)9-14(5-8-21-15)20-10-13-3-6-16-7-4-13/h3-4,6-7,14H,2,5,8-12H2,1H3. The Kier molecular flexibility index (Phi) is 4.49. The lowest BCUT2D eigenvalue weighted by molar-refractivity contribution is -0.180. The van der Waals surface area contributed by atoms with Crippen molar-refractivity contribution in [3.8, 4) is 0 Å². The van der Waals surface area contributed by atoms with E-state index in [1.54, 1.807) is 19.3 Å². The summed E-state index contributed by atoms with van der Waals surface area (Å²) in [5, 5.41) is 0. The first-order chi connectivity index (χ1) is 10.5. The first-order valence-electron chi connectivity index (χ1n) is 7.65. The van der Waals surface area contributed by atoms with Crippen molar-refractivity contribution in [1.82, 2.24) is 9.29 Å². The van der Waals surface area contributed by atoms with Gasteiger partial charge in [-0.2, -0.15) is 4.31 Å². The molecular formula is C15H22N2O4S. The summed E-state index contributed by atoms with van der Waals surface area (Å²) in [6.07, 6.45) is 5.24. The quantitative estimate of drug-likeness (QED) is 0.813. The molecule has 7 heteroatoms. The fourth-order valence-electron chi connectivity index (χ4n) is 3.01. The highest BCUT2D eigenvalue weighted by molar-refractivity contribution is 7.89. The molecule has 0 aliphatic carbocycles. The summed E-state index contributed by atoms with van der Waals surface area (Å²) in [6, 6.07) is 3.88. The second-order valence-corrected chi connectivity index (χ2v) is 8.24. The summed E-state index contributed by atoms with van der Waals surface area (Å²) in [5.41, 5.74) is 0.753. The molecule has 0 saturated carbocycles. The van der Waals surface area contributed by atoms with Crippen LogP contribution in [-0.4, -0.2) is 54.9 Å². The van der Waals surface area contributed by atoms with Crippen LogP contribution in [-0.2, 0) is 26.1 Å². The summed E-state index contributed by atoms with van der Waals surface area (Å²) < 4.78 is 37.0. The van der Waals surface area contributed by atoms with Crippen LogP contribution in [0.1, 0.15) is 25.3 Å². The molecule has 0 amide bonds. The van der Waals surface area contributed by atoms with E-state index in [4.69, 9.17) is 9.47 Å². The van der Waals surface area contributed by atoms with Crippen LogP contribution in [0.15, 0.2) is 24.5 Å². The largest absolute Gasteiger partial charge is 0.373 e. The monoisotopic (exact) mass is 326 g/mol. The summed E-state index contributed by atoms with van der Waals surface area (Å²) in [7, 11) is -3.10. The van der Waals surface area contributed by atoms with Crippen molar-refractivity contribution in [2.45, 2.75) is 38.1 Å². The minimum Gasteiger partial charge on any atom is -0.373 e. The highest BCUT2D eigenvalue weighted by atomic mass is 32.2. The Bertz CT molecular complexity index is 599. The fraction of sp³-hybridized carbons (Fsp3) is 0.667. The van der Waals surface area contributed by atoms with Crippen LogP contribution >= 0.6 is 0 Å². The van der Waals surface area contributed by atoms with Crippen molar-refractivity contribution in [2.75, 3.05) is 25.4 Å². The van der Waals surface area contributed by atoms with Crippen LogP contribution in [0.25, 0.3) is 0 Å². The zero-order valence-electron chi connectivity index (χ0n) is 12.8. The molecule has 0 aromatic carbocycles. The molecule has 2 fully saturated rings. The third-order valence-corrected chi connectivity index (χ3v) is 6.14. The normalized spacial score (nSPS) is 25.0. The van der Waals surface area contributed by atoms with Crippen molar-refractivity contribution >= 4 is 10.0 Å². The molecule has 122 valence electrons. The third kappa shape index (κ3) is 3.32. The minimum atomic E-state index is -3.10. The molecule has 1 atom stereocenters. The molecule has 22 heavy (non-hydrogen) atoms. The summed E-state index contributed by atoms with van der Waals surface area (Å²) >= 11 is 0. The van der Waals surface area contributed by atoms with Crippen LogP contribution in [0.2, 0.25) is 0 Å². The number of aromatic nitrogens is 1. The number of nitrogens with zero attached hydrogens (tertiary/aromatic N) is 2. The SMILES string of the molecule is CCS(=O)(=O)N1CC2(CC(OCc3ccncc3)CCO2)C1. The molecule has 1 aromatic rings. The number of hydrogen-bond donors (Lipinski definition) is 0. The maximum absolute atomic E-state index is 11.8. The van der Waals surface area contributed by atoms with Crippen molar-refractivity contribution in [1.29, 1.82) is 0 Å². The predicted octanol–water partition coefficient (Wildman–Crippen LogP) is 1.18. The second kappa shape index (κ2) is 6.23. The zero-order chi connectivity index (χ0) is 15.6. The van der Waals surface area contributed by atoms with Gasteiger partial charge in [-0.1, -0.05) is 0 Å². The molecule has 3 rings (SSSR count). The summed E-state index contributed by atoms with van der Waals surface area (Å²) in [4.78, 5) is 3.99. The Morgan fingerprint density at radius 2 is 2.14 bits per heavy atom. The molecule has 0 bridgehead atoms. The van der Waals surface area contributed by atoms with E-state index in [1.807, 2.05) is 12.1 Å². The van der Waals surface area contributed by atoms with E-state index in [2.05, 4.69) is 4.98 Å². The van der Waals surface area contributed by atoms with Gasteiger partial charge in [-0.25, -0.2) is 8.42 Å². The molecule has 1 spiro atoms. The number of pyridine rings is 1. The Hall–Kier alpha value is -1.02. The van der Waals surface area contributed by atoms with E-state index in [1.165, 1.54) is 4.31 Å². The van der Waals surface area contributed by atoms with Crippen molar-refractivity contribution < 1.29 is 17.9 Å². The molecule has 6 nitrogen and oxygen atoms in total. The highest BCUT2D eigenvalue weighted by Gasteiger charge is 2.51. The lowest BCUT2D eigenvalue weighted by atomic mass is 9.86. The predicted molar refractivity (Wildman–Crippen MR) is 81.8 cm³/mol. The van der Waals surface area contributed by atoms with Gasteiger partial charge in [0.05, 0.1) is 24.1 Å². The van der Waals surface area contributed by atoms with E-state index < -0.39 is 10.0 Å². The van der Waals surface area contributed by atoms with Gasteiger partial charge in [0.15, 0.2) is 0 Å². The van der Waals surface area contributed by atoms with E-state index in [0.717, 1.165) is 18.4 Å². The Morgan fingerprint density at radius 3 is 2.82 bits per heavy atom. The smallest absolute Gasteiger partial charge is 0.214 e. The number of rotatable bonds is 5. The van der Waals surface area contributed by atoms with E-state index in [9.17, 15) is 8.42 Å². The number of hydrogen-bond acceptors (Lipinski definition) is 5. The lowest BCUT2D eigenvalue weighted by Crippen LogP contribution is -2.67. The van der Waals surface area contributed by atoms with Crippen molar-refractivity contribution in [2.24, 2.45) is 0 Å². The average Bonchev–Trinajstić information content (AvgIpc) is 2.52. The van der Waals surface area contributed by atoms with Crippen LogP contribution in [0.3, 0.4) is 0 Å². The first-order valence-corrected chi connectivity index (χ1v) is 9.26. The van der Waals surface area contributed by atoms with Crippen LogP contribution in [0.5, 0.6) is 0 Å². The number of sulfonamides is 1. The van der Waals surface area contributed by atoms with Gasteiger partial charge in [0.1, 0.15) is 0 Å². The molecule has 0 N–H and O–H groups in total. The van der Waals surface area contributed by atoms with Crippen LogP contribution in [0, 0.1) is 0 Å². The molecule has 1 aromatic heterocycles. The fourth-order valence-corrected chi connectivity index (χ4v) is 4.24. The molecule has 2 saturated heterocycles. The Balaban J connectivity index is 1.53. The van der Waals surface area contributed by atoms with Gasteiger partial charge in [0.2, 0.25) is 10.0 Å². The maximum atomic E-state index is 11.8. The molecule has 3 heterocycles. The molecule has 2 aliphatic rings. The van der Waals surface area contributed by atoms with Gasteiger partial charge in [0, 0.05) is 38.5 Å². The van der Waals surface area contributed by atoms with Gasteiger partial charge < -0.3 is 9.47 Å². The topological polar surface area (TPSA) is 68.7 Å². The number of ether oxygens (including phenoxy) is 2. The van der Waals surface area contributed by atoms with E-state index >= 15 is 0 Å². The minimum absolute atomic E-state index is 0.119. The molecule has 1 unspecified atom stereocenters. The molecular weight excluding hydrogens is 304 g/mol. The van der Waals surface area contributed by atoms with Gasteiger partial charge in [-0.15, -0.1) is 0 Å². The average molecular weight is 326 g/mol.